The van der Waals surface area contributed by atoms with Gasteiger partial charge in [-0.25, -0.2) is 0 Å². The molecule has 2 heteroatoms. The van der Waals surface area contributed by atoms with Crippen LogP contribution in [-0.2, 0) is 4.74 Å². The van der Waals surface area contributed by atoms with Crippen LogP contribution < -0.4 is 5.32 Å². The Hall–Kier alpha value is -0.0800. The molecule has 1 heterocycles. The molecule has 0 aromatic heterocycles. The topological polar surface area (TPSA) is 21.3 Å². The third-order valence-corrected chi connectivity index (χ3v) is 2.16. The average molecular weight is 187 g/mol. The van der Waals surface area contributed by atoms with Gasteiger partial charge in [-0.15, -0.1) is 0 Å². The molecule has 0 unspecified atom stereocenters. The van der Waals surface area contributed by atoms with Crippen LogP contribution >= 0.6 is 0 Å². The minimum Gasteiger partial charge on any atom is -0.381 e. The fraction of sp³-hybridized carbons (Fsp3) is 1.00. The van der Waals surface area contributed by atoms with Crippen LogP contribution in [0, 0.1) is 5.92 Å². The van der Waals surface area contributed by atoms with E-state index in [1.165, 1.54) is 19.4 Å². The number of hydrogen-bond donors (Lipinski definition) is 1. The van der Waals surface area contributed by atoms with E-state index in [2.05, 4.69) is 19.2 Å². The van der Waals surface area contributed by atoms with Crippen LogP contribution in [0.5, 0.6) is 0 Å². The van der Waals surface area contributed by atoms with E-state index in [0.29, 0.717) is 6.04 Å². The molecule has 0 spiro atoms. The second-order valence-electron chi connectivity index (χ2n) is 3.62. The maximum atomic E-state index is 5.28. The van der Waals surface area contributed by atoms with Crippen LogP contribution in [0.25, 0.3) is 0 Å². The van der Waals surface area contributed by atoms with Crippen molar-refractivity contribution in [3.05, 3.63) is 0 Å². The van der Waals surface area contributed by atoms with Gasteiger partial charge >= 0.3 is 0 Å². The molecule has 13 heavy (non-hydrogen) atoms. The molecule has 1 rings (SSSR count). The molecule has 1 aliphatic heterocycles. The first kappa shape index (κ1) is 12.9. The summed E-state index contributed by atoms with van der Waals surface area (Å²) in [6, 6.07) is 0.623. The molecule has 0 bridgehead atoms. The molecular weight excluding hydrogens is 162 g/mol. The van der Waals surface area contributed by atoms with Gasteiger partial charge in [0.2, 0.25) is 0 Å². The molecule has 1 fully saturated rings. The molecule has 2 nitrogen and oxygen atoms in total. The molecule has 0 aromatic rings. The van der Waals surface area contributed by atoms with Gasteiger partial charge in [-0.1, -0.05) is 27.7 Å². The average Bonchev–Trinajstić information content (AvgIpc) is 2.19. The van der Waals surface area contributed by atoms with Crippen LogP contribution in [0.15, 0.2) is 0 Å². The molecule has 0 radical (unpaired) electrons. The summed E-state index contributed by atoms with van der Waals surface area (Å²) in [7, 11) is 0. The van der Waals surface area contributed by atoms with Crippen molar-refractivity contribution in [2.45, 2.75) is 46.6 Å². The first-order valence-corrected chi connectivity index (χ1v) is 5.60. The molecule has 0 saturated carbocycles. The van der Waals surface area contributed by atoms with Gasteiger partial charge in [0, 0.05) is 19.3 Å². The van der Waals surface area contributed by atoms with Crippen molar-refractivity contribution in [3.63, 3.8) is 0 Å². The molecule has 80 valence electrons. The third kappa shape index (κ3) is 7.03. The zero-order valence-electron chi connectivity index (χ0n) is 9.60. The minimum absolute atomic E-state index is 0.623. The second-order valence-corrected chi connectivity index (χ2v) is 3.62. The van der Waals surface area contributed by atoms with E-state index in [9.17, 15) is 0 Å². The lowest BCUT2D eigenvalue weighted by atomic mass is 10.0. The Balaban J connectivity index is 0.000000671. The Morgan fingerprint density at radius 1 is 1.23 bits per heavy atom. The summed E-state index contributed by atoms with van der Waals surface area (Å²) in [5.41, 5.74) is 0. The highest BCUT2D eigenvalue weighted by Gasteiger charge is 2.12. The van der Waals surface area contributed by atoms with Gasteiger partial charge in [0.25, 0.3) is 0 Å². The zero-order valence-corrected chi connectivity index (χ0v) is 9.60. The smallest absolute Gasteiger partial charge is 0.0469 e. The largest absolute Gasteiger partial charge is 0.381 e. The Morgan fingerprint density at radius 3 is 2.23 bits per heavy atom. The predicted molar refractivity (Wildman–Crippen MR) is 58.0 cm³/mol. The van der Waals surface area contributed by atoms with Crippen LogP contribution in [0.2, 0.25) is 0 Å². The van der Waals surface area contributed by atoms with Crippen molar-refractivity contribution in [2.75, 3.05) is 19.8 Å². The number of ether oxygens (including phenoxy) is 1. The van der Waals surface area contributed by atoms with Crippen LogP contribution in [-0.4, -0.2) is 25.8 Å². The van der Waals surface area contributed by atoms with Crippen LogP contribution in [0.1, 0.15) is 40.5 Å². The SMILES string of the molecule is CC.CC(C)NCC1CCOCC1. The predicted octanol–water partition coefficient (Wildman–Crippen LogP) is 2.44. The molecule has 0 amide bonds. The highest BCUT2D eigenvalue weighted by atomic mass is 16.5. The summed E-state index contributed by atoms with van der Waals surface area (Å²) in [6.45, 7) is 11.5. The molecule has 0 aromatic carbocycles. The molecular formula is C11H25NO. The van der Waals surface area contributed by atoms with Gasteiger partial charge in [-0.3, -0.25) is 0 Å². The van der Waals surface area contributed by atoms with E-state index < -0.39 is 0 Å². The highest BCUT2D eigenvalue weighted by Crippen LogP contribution is 2.13. The Morgan fingerprint density at radius 2 is 1.77 bits per heavy atom. The minimum atomic E-state index is 0.623. The van der Waals surface area contributed by atoms with Gasteiger partial charge in [-0.2, -0.15) is 0 Å². The lowest BCUT2D eigenvalue weighted by Crippen LogP contribution is -2.31. The first-order valence-electron chi connectivity index (χ1n) is 5.60. The van der Waals surface area contributed by atoms with E-state index in [0.717, 1.165) is 19.1 Å². The van der Waals surface area contributed by atoms with Gasteiger partial charge in [0.15, 0.2) is 0 Å². The van der Waals surface area contributed by atoms with E-state index in [1.807, 2.05) is 13.8 Å². The number of nitrogens with one attached hydrogen (secondary N) is 1. The van der Waals surface area contributed by atoms with E-state index in [4.69, 9.17) is 4.74 Å². The summed E-state index contributed by atoms with van der Waals surface area (Å²) in [6.07, 6.45) is 2.47. The summed E-state index contributed by atoms with van der Waals surface area (Å²) in [4.78, 5) is 0. The number of rotatable bonds is 3. The zero-order chi connectivity index (χ0) is 10.1. The van der Waals surface area contributed by atoms with Crippen LogP contribution in [0.3, 0.4) is 0 Å². The van der Waals surface area contributed by atoms with Crippen molar-refractivity contribution in [1.82, 2.24) is 5.32 Å². The molecule has 1 aliphatic rings. The standard InChI is InChI=1S/C9H19NO.C2H6/c1-8(2)10-7-9-3-5-11-6-4-9;1-2/h8-10H,3-7H2,1-2H3;1-2H3. The van der Waals surface area contributed by atoms with E-state index >= 15 is 0 Å². The number of hydrogen-bond acceptors (Lipinski definition) is 2. The Bertz CT molecular complexity index is 98.3. The van der Waals surface area contributed by atoms with Crippen molar-refractivity contribution in [1.29, 1.82) is 0 Å². The maximum Gasteiger partial charge on any atom is 0.0469 e. The normalized spacial score (nSPS) is 18.2. The van der Waals surface area contributed by atoms with Crippen molar-refractivity contribution < 1.29 is 4.74 Å². The van der Waals surface area contributed by atoms with Gasteiger partial charge < -0.3 is 10.1 Å². The third-order valence-electron chi connectivity index (χ3n) is 2.16. The maximum absolute atomic E-state index is 5.28. The quantitative estimate of drug-likeness (QED) is 0.732. The van der Waals surface area contributed by atoms with Crippen molar-refractivity contribution in [2.24, 2.45) is 5.92 Å². The monoisotopic (exact) mass is 187 g/mol. The second kappa shape index (κ2) is 8.52. The molecule has 0 aliphatic carbocycles. The van der Waals surface area contributed by atoms with Crippen molar-refractivity contribution in [3.8, 4) is 0 Å². The van der Waals surface area contributed by atoms with Gasteiger partial charge in [0.05, 0.1) is 0 Å². The van der Waals surface area contributed by atoms with E-state index in [-0.39, 0.29) is 0 Å². The van der Waals surface area contributed by atoms with Gasteiger partial charge in [-0.05, 0) is 25.3 Å². The lowest BCUT2D eigenvalue weighted by Gasteiger charge is -2.23. The van der Waals surface area contributed by atoms with Crippen molar-refractivity contribution >= 4 is 0 Å². The Labute approximate surface area is 83.1 Å². The highest BCUT2D eigenvalue weighted by molar-refractivity contribution is 4.67. The molecule has 0 atom stereocenters. The molecule has 1 saturated heterocycles. The summed E-state index contributed by atoms with van der Waals surface area (Å²) >= 11 is 0. The molecule has 1 N–H and O–H groups in total. The van der Waals surface area contributed by atoms with Crippen LogP contribution in [0.4, 0.5) is 0 Å². The summed E-state index contributed by atoms with van der Waals surface area (Å²) in [5.74, 6) is 0.853. The van der Waals surface area contributed by atoms with E-state index in [1.54, 1.807) is 0 Å². The fourth-order valence-electron chi connectivity index (χ4n) is 1.35. The first-order chi connectivity index (χ1) is 6.29. The van der Waals surface area contributed by atoms with Gasteiger partial charge in [0.1, 0.15) is 0 Å². The fourth-order valence-corrected chi connectivity index (χ4v) is 1.35. The summed E-state index contributed by atoms with van der Waals surface area (Å²) in [5, 5.41) is 3.46. The Kier molecular flexibility index (Phi) is 8.46. The summed E-state index contributed by atoms with van der Waals surface area (Å²) < 4.78 is 5.28. The lowest BCUT2D eigenvalue weighted by molar-refractivity contribution is 0.0658.